The highest BCUT2D eigenvalue weighted by molar-refractivity contribution is 6.31. The largest absolute Gasteiger partial charge is 0.457 e. The molecular formula is C18H22ClNO. The Balaban J connectivity index is 2.11. The van der Waals surface area contributed by atoms with Gasteiger partial charge in [-0.15, -0.1) is 0 Å². The van der Waals surface area contributed by atoms with Crippen molar-refractivity contribution in [2.24, 2.45) is 0 Å². The van der Waals surface area contributed by atoms with E-state index in [0.717, 1.165) is 47.2 Å². The Morgan fingerprint density at radius 2 is 1.95 bits per heavy atom. The Bertz CT molecular complexity index is 610. The molecule has 0 saturated carbocycles. The molecule has 2 rings (SSSR count). The Morgan fingerprint density at radius 3 is 2.67 bits per heavy atom. The van der Waals surface area contributed by atoms with Gasteiger partial charge >= 0.3 is 0 Å². The van der Waals surface area contributed by atoms with Crippen molar-refractivity contribution >= 4 is 11.6 Å². The first-order valence-electron chi connectivity index (χ1n) is 7.35. The maximum absolute atomic E-state index is 6.33. The molecular weight excluding hydrogens is 282 g/mol. The number of aryl methyl sites for hydroxylation is 1. The van der Waals surface area contributed by atoms with Crippen LogP contribution in [-0.2, 0) is 6.54 Å². The van der Waals surface area contributed by atoms with Crippen LogP contribution < -0.4 is 10.1 Å². The maximum Gasteiger partial charge on any atom is 0.130 e. The molecule has 0 bridgehead atoms. The van der Waals surface area contributed by atoms with Gasteiger partial charge in [0.05, 0.1) is 0 Å². The van der Waals surface area contributed by atoms with Crippen LogP contribution >= 0.6 is 11.6 Å². The van der Waals surface area contributed by atoms with Crippen LogP contribution in [0.3, 0.4) is 0 Å². The summed E-state index contributed by atoms with van der Waals surface area (Å²) < 4.78 is 5.95. The van der Waals surface area contributed by atoms with E-state index in [-0.39, 0.29) is 0 Å². The van der Waals surface area contributed by atoms with Gasteiger partial charge in [-0.05, 0) is 61.7 Å². The molecule has 0 amide bonds. The van der Waals surface area contributed by atoms with Crippen molar-refractivity contribution in [3.05, 3.63) is 58.1 Å². The van der Waals surface area contributed by atoms with Crippen LogP contribution in [0.25, 0.3) is 0 Å². The number of hydrogen-bond acceptors (Lipinski definition) is 2. The molecule has 0 saturated heterocycles. The average Bonchev–Trinajstić information content (AvgIpc) is 2.46. The lowest BCUT2D eigenvalue weighted by atomic mass is 10.1. The highest BCUT2D eigenvalue weighted by Gasteiger charge is 2.06. The molecule has 112 valence electrons. The topological polar surface area (TPSA) is 21.3 Å². The van der Waals surface area contributed by atoms with E-state index >= 15 is 0 Å². The smallest absolute Gasteiger partial charge is 0.130 e. The van der Waals surface area contributed by atoms with Crippen LogP contribution in [0.15, 0.2) is 36.4 Å². The molecule has 1 N–H and O–H groups in total. The van der Waals surface area contributed by atoms with E-state index < -0.39 is 0 Å². The first-order chi connectivity index (χ1) is 10.1. The van der Waals surface area contributed by atoms with Gasteiger partial charge in [0.15, 0.2) is 0 Å². The first kappa shape index (κ1) is 15.9. The van der Waals surface area contributed by atoms with Crippen molar-refractivity contribution in [1.29, 1.82) is 0 Å². The van der Waals surface area contributed by atoms with Crippen LogP contribution in [0.2, 0.25) is 5.02 Å². The lowest BCUT2D eigenvalue weighted by molar-refractivity contribution is 0.478. The summed E-state index contributed by atoms with van der Waals surface area (Å²) in [6.07, 6.45) is 1.12. The van der Waals surface area contributed by atoms with Gasteiger partial charge in [0, 0.05) is 11.6 Å². The Labute approximate surface area is 132 Å². The second-order valence-electron chi connectivity index (χ2n) is 5.23. The Kier molecular flexibility index (Phi) is 5.66. The van der Waals surface area contributed by atoms with E-state index in [4.69, 9.17) is 16.3 Å². The maximum atomic E-state index is 6.33. The fraction of sp³-hybridized carbons (Fsp3) is 0.333. The standard InChI is InChI=1S/C18H22ClNO/c1-4-10-20-12-15-8-9-16(11-17(15)19)21-18-7-5-6-13(2)14(18)3/h5-9,11,20H,4,10,12H2,1-3H3. The fourth-order valence-electron chi connectivity index (χ4n) is 2.10. The lowest BCUT2D eigenvalue weighted by Gasteiger charge is -2.12. The SMILES string of the molecule is CCCNCc1ccc(Oc2cccc(C)c2C)cc1Cl. The molecule has 0 aliphatic heterocycles. The van der Waals surface area contributed by atoms with Crippen molar-refractivity contribution < 1.29 is 4.74 Å². The average molecular weight is 304 g/mol. The molecule has 0 aliphatic carbocycles. The van der Waals surface area contributed by atoms with Crippen molar-refractivity contribution in [3.8, 4) is 11.5 Å². The molecule has 0 heterocycles. The molecule has 2 aromatic carbocycles. The van der Waals surface area contributed by atoms with Crippen LogP contribution in [0, 0.1) is 13.8 Å². The van der Waals surface area contributed by atoms with E-state index in [1.807, 2.05) is 30.3 Å². The third kappa shape index (κ3) is 4.23. The van der Waals surface area contributed by atoms with Gasteiger partial charge in [0.1, 0.15) is 11.5 Å². The zero-order valence-corrected chi connectivity index (χ0v) is 13.6. The van der Waals surface area contributed by atoms with E-state index in [9.17, 15) is 0 Å². The Hall–Kier alpha value is -1.51. The summed E-state index contributed by atoms with van der Waals surface area (Å²) >= 11 is 6.33. The van der Waals surface area contributed by atoms with E-state index in [1.165, 1.54) is 5.56 Å². The van der Waals surface area contributed by atoms with Crippen LogP contribution in [0.5, 0.6) is 11.5 Å². The van der Waals surface area contributed by atoms with Gasteiger partial charge in [-0.1, -0.05) is 36.7 Å². The minimum atomic E-state index is 0.737. The molecule has 0 radical (unpaired) electrons. The van der Waals surface area contributed by atoms with Crippen LogP contribution in [0.1, 0.15) is 30.0 Å². The first-order valence-corrected chi connectivity index (χ1v) is 7.73. The second kappa shape index (κ2) is 7.48. The monoisotopic (exact) mass is 303 g/mol. The predicted molar refractivity (Wildman–Crippen MR) is 89.4 cm³/mol. The minimum Gasteiger partial charge on any atom is -0.457 e. The van der Waals surface area contributed by atoms with E-state index in [1.54, 1.807) is 0 Å². The van der Waals surface area contributed by atoms with Gasteiger partial charge < -0.3 is 10.1 Å². The van der Waals surface area contributed by atoms with Crippen LogP contribution in [-0.4, -0.2) is 6.54 Å². The van der Waals surface area contributed by atoms with Gasteiger partial charge in [-0.3, -0.25) is 0 Å². The summed E-state index contributed by atoms with van der Waals surface area (Å²) in [4.78, 5) is 0. The summed E-state index contributed by atoms with van der Waals surface area (Å²) in [5, 5.41) is 4.09. The molecule has 0 atom stereocenters. The third-order valence-corrected chi connectivity index (χ3v) is 3.90. The molecule has 0 aromatic heterocycles. The molecule has 2 nitrogen and oxygen atoms in total. The highest BCUT2D eigenvalue weighted by atomic mass is 35.5. The molecule has 21 heavy (non-hydrogen) atoms. The number of halogens is 1. The van der Waals surface area contributed by atoms with E-state index in [0.29, 0.717) is 0 Å². The molecule has 0 spiro atoms. The summed E-state index contributed by atoms with van der Waals surface area (Å²) in [5.74, 6) is 1.65. The molecule has 0 unspecified atom stereocenters. The van der Waals surface area contributed by atoms with Crippen LogP contribution in [0.4, 0.5) is 0 Å². The number of nitrogens with one attached hydrogen (secondary N) is 1. The number of rotatable bonds is 6. The number of benzene rings is 2. The van der Waals surface area contributed by atoms with Crippen molar-refractivity contribution in [2.45, 2.75) is 33.7 Å². The van der Waals surface area contributed by atoms with Gasteiger partial charge in [-0.2, -0.15) is 0 Å². The summed E-state index contributed by atoms with van der Waals surface area (Å²) in [5.41, 5.74) is 3.47. The Morgan fingerprint density at radius 1 is 1.14 bits per heavy atom. The normalized spacial score (nSPS) is 10.7. The lowest BCUT2D eigenvalue weighted by Crippen LogP contribution is -2.13. The van der Waals surface area contributed by atoms with Crippen molar-refractivity contribution in [1.82, 2.24) is 5.32 Å². The van der Waals surface area contributed by atoms with Gasteiger partial charge in [0.2, 0.25) is 0 Å². The zero-order valence-electron chi connectivity index (χ0n) is 12.9. The third-order valence-electron chi connectivity index (χ3n) is 3.55. The molecule has 0 aliphatic rings. The van der Waals surface area contributed by atoms with Crippen molar-refractivity contribution in [2.75, 3.05) is 6.54 Å². The minimum absolute atomic E-state index is 0.737. The highest BCUT2D eigenvalue weighted by Crippen LogP contribution is 2.29. The van der Waals surface area contributed by atoms with Crippen molar-refractivity contribution in [3.63, 3.8) is 0 Å². The molecule has 3 heteroatoms. The van der Waals surface area contributed by atoms with E-state index in [2.05, 4.69) is 32.2 Å². The number of ether oxygens (including phenoxy) is 1. The zero-order chi connectivity index (χ0) is 15.2. The van der Waals surface area contributed by atoms with Gasteiger partial charge in [0.25, 0.3) is 0 Å². The summed E-state index contributed by atoms with van der Waals surface area (Å²) in [6, 6.07) is 11.9. The summed E-state index contributed by atoms with van der Waals surface area (Å²) in [7, 11) is 0. The van der Waals surface area contributed by atoms with Gasteiger partial charge in [-0.25, -0.2) is 0 Å². The predicted octanol–water partition coefficient (Wildman–Crippen LogP) is 5.25. The second-order valence-corrected chi connectivity index (χ2v) is 5.64. The molecule has 0 fully saturated rings. The quantitative estimate of drug-likeness (QED) is 0.736. The number of hydrogen-bond donors (Lipinski definition) is 1. The molecule has 2 aromatic rings. The fourth-order valence-corrected chi connectivity index (χ4v) is 2.33. The summed E-state index contributed by atoms with van der Waals surface area (Å²) in [6.45, 7) is 8.08.